The number of rotatable bonds is 6. The van der Waals surface area contributed by atoms with E-state index < -0.39 is 5.82 Å². The highest BCUT2D eigenvalue weighted by molar-refractivity contribution is 6.55. The van der Waals surface area contributed by atoms with E-state index in [0.717, 1.165) is 33.5 Å². The minimum absolute atomic E-state index is 0.0922. The quantitative estimate of drug-likeness (QED) is 0.389. The van der Waals surface area contributed by atoms with Gasteiger partial charge in [0.1, 0.15) is 11.1 Å². The van der Waals surface area contributed by atoms with Gasteiger partial charge in [0.25, 0.3) is 0 Å². The predicted octanol–water partition coefficient (Wildman–Crippen LogP) is 7.54. The summed E-state index contributed by atoms with van der Waals surface area (Å²) in [4.78, 5) is 2.08. The molecule has 3 aromatic rings. The maximum Gasteiger partial charge on any atom is 0.165 e. The highest BCUT2D eigenvalue weighted by Crippen LogP contribution is 2.34. The standard InChI is InChI=1S/C25H24Cl2FNO/c1-16-14-22(19-7-10-24(23(28)15-19)30-12-11-25(26)27)17(2)13-21(16)18-5-8-20(9-6-18)29(3)4/h5-11,13-15H,12H2,1-4H3. The smallest absolute Gasteiger partial charge is 0.165 e. The topological polar surface area (TPSA) is 12.5 Å². The van der Waals surface area contributed by atoms with E-state index in [2.05, 4.69) is 48.2 Å². The van der Waals surface area contributed by atoms with Crippen LogP contribution in [-0.2, 0) is 0 Å². The van der Waals surface area contributed by atoms with Crippen molar-refractivity contribution < 1.29 is 9.13 Å². The zero-order chi connectivity index (χ0) is 21.8. The van der Waals surface area contributed by atoms with E-state index in [9.17, 15) is 4.39 Å². The molecule has 0 N–H and O–H groups in total. The third-order valence-corrected chi connectivity index (χ3v) is 5.29. The summed E-state index contributed by atoms with van der Waals surface area (Å²) >= 11 is 11.1. The van der Waals surface area contributed by atoms with Crippen LogP contribution in [0, 0.1) is 19.7 Å². The van der Waals surface area contributed by atoms with E-state index in [1.165, 1.54) is 17.7 Å². The van der Waals surface area contributed by atoms with E-state index in [4.69, 9.17) is 27.9 Å². The minimum Gasteiger partial charge on any atom is -0.486 e. The summed E-state index contributed by atoms with van der Waals surface area (Å²) in [5.41, 5.74) is 7.51. The van der Waals surface area contributed by atoms with E-state index in [-0.39, 0.29) is 16.8 Å². The third-order valence-electron chi connectivity index (χ3n) is 4.99. The van der Waals surface area contributed by atoms with E-state index in [1.807, 2.05) is 27.1 Å². The van der Waals surface area contributed by atoms with Crippen molar-refractivity contribution in [2.45, 2.75) is 13.8 Å². The van der Waals surface area contributed by atoms with Gasteiger partial charge < -0.3 is 9.64 Å². The Hall–Kier alpha value is -2.49. The molecule has 2 nitrogen and oxygen atoms in total. The summed E-state index contributed by atoms with van der Waals surface area (Å²) in [6.45, 7) is 4.23. The van der Waals surface area contributed by atoms with Crippen molar-refractivity contribution in [1.29, 1.82) is 0 Å². The second-order valence-corrected chi connectivity index (χ2v) is 8.38. The monoisotopic (exact) mass is 443 g/mol. The van der Waals surface area contributed by atoms with Crippen LogP contribution in [0.25, 0.3) is 22.3 Å². The average Bonchev–Trinajstić information content (AvgIpc) is 2.70. The maximum atomic E-state index is 14.5. The lowest BCUT2D eigenvalue weighted by Gasteiger charge is -2.16. The van der Waals surface area contributed by atoms with Crippen molar-refractivity contribution in [2.24, 2.45) is 0 Å². The van der Waals surface area contributed by atoms with Crippen LogP contribution < -0.4 is 9.64 Å². The Kier molecular flexibility index (Phi) is 7.06. The molecule has 0 saturated heterocycles. The van der Waals surface area contributed by atoms with Crippen molar-refractivity contribution in [3.8, 4) is 28.0 Å². The minimum atomic E-state index is -0.424. The molecule has 0 unspecified atom stereocenters. The normalized spacial score (nSPS) is 10.6. The van der Waals surface area contributed by atoms with Crippen LogP contribution in [0.15, 0.2) is 65.2 Å². The predicted molar refractivity (Wildman–Crippen MR) is 126 cm³/mol. The molecular weight excluding hydrogens is 420 g/mol. The van der Waals surface area contributed by atoms with Gasteiger partial charge in [0.15, 0.2) is 11.6 Å². The lowest BCUT2D eigenvalue weighted by atomic mass is 9.92. The first kappa shape index (κ1) is 22.2. The second-order valence-electron chi connectivity index (χ2n) is 7.37. The van der Waals surface area contributed by atoms with Gasteiger partial charge in [-0.1, -0.05) is 53.5 Å². The highest BCUT2D eigenvalue weighted by Gasteiger charge is 2.11. The number of ether oxygens (including phenoxy) is 1. The van der Waals surface area contributed by atoms with Crippen LogP contribution in [0.1, 0.15) is 11.1 Å². The van der Waals surface area contributed by atoms with Crippen molar-refractivity contribution in [2.75, 3.05) is 25.6 Å². The average molecular weight is 444 g/mol. The molecule has 0 aliphatic heterocycles. The summed E-state index contributed by atoms with van der Waals surface area (Å²) in [5.74, 6) is -0.261. The number of halogens is 3. The molecule has 0 aromatic heterocycles. The van der Waals surface area contributed by atoms with Crippen LogP contribution >= 0.6 is 23.2 Å². The van der Waals surface area contributed by atoms with E-state index in [0.29, 0.717) is 0 Å². The number of nitrogens with zero attached hydrogens (tertiary/aromatic N) is 1. The number of hydrogen-bond acceptors (Lipinski definition) is 2. The SMILES string of the molecule is Cc1cc(-c2ccc(OCC=C(Cl)Cl)c(F)c2)c(C)cc1-c1ccc(N(C)C)cc1. The molecular formula is C25H24Cl2FNO. The Morgan fingerprint density at radius 2 is 1.47 bits per heavy atom. The van der Waals surface area contributed by atoms with Gasteiger partial charge in [0.05, 0.1) is 0 Å². The summed E-state index contributed by atoms with van der Waals surface area (Å²) in [6.07, 6.45) is 1.47. The van der Waals surface area contributed by atoms with Crippen LogP contribution in [0.4, 0.5) is 10.1 Å². The van der Waals surface area contributed by atoms with Gasteiger partial charge in [-0.15, -0.1) is 0 Å². The molecule has 0 amide bonds. The first-order valence-corrected chi connectivity index (χ1v) is 10.3. The van der Waals surface area contributed by atoms with Crippen molar-refractivity contribution in [3.05, 3.63) is 82.1 Å². The molecule has 3 aromatic carbocycles. The second kappa shape index (κ2) is 9.55. The molecule has 0 atom stereocenters. The number of anilines is 1. The summed E-state index contributed by atoms with van der Waals surface area (Å²) < 4.78 is 20.0. The van der Waals surface area contributed by atoms with Crippen LogP contribution in [0.5, 0.6) is 5.75 Å². The largest absolute Gasteiger partial charge is 0.486 e. The summed E-state index contributed by atoms with van der Waals surface area (Å²) in [7, 11) is 4.05. The molecule has 30 heavy (non-hydrogen) atoms. The van der Waals surface area contributed by atoms with Crippen LogP contribution in [0.3, 0.4) is 0 Å². The Morgan fingerprint density at radius 3 is 2.00 bits per heavy atom. The maximum absolute atomic E-state index is 14.5. The fourth-order valence-corrected chi connectivity index (χ4v) is 3.48. The van der Waals surface area contributed by atoms with Gasteiger partial charge >= 0.3 is 0 Å². The molecule has 0 saturated carbocycles. The van der Waals surface area contributed by atoms with Gasteiger partial charge in [-0.3, -0.25) is 0 Å². The fraction of sp³-hybridized carbons (Fsp3) is 0.200. The van der Waals surface area contributed by atoms with Gasteiger partial charge in [-0.05, 0) is 77.6 Å². The van der Waals surface area contributed by atoms with Crippen LogP contribution in [0.2, 0.25) is 0 Å². The Morgan fingerprint density at radius 1 is 0.900 bits per heavy atom. The first-order valence-electron chi connectivity index (χ1n) is 9.59. The number of hydrogen-bond donors (Lipinski definition) is 0. The molecule has 5 heteroatoms. The zero-order valence-corrected chi connectivity index (χ0v) is 19.0. The van der Waals surface area contributed by atoms with Crippen molar-refractivity contribution >= 4 is 28.9 Å². The molecule has 0 aliphatic carbocycles. The lowest BCUT2D eigenvalue weighted by Crippen LogP contribution is -2.07. The van der Waals surface area contributed by atoms with Gasteiger partial charge in [-0.2, -0.15) is 0 Å². The zero-order valence-electron chi connectivity index (χ0n) is 17.5. The third kappa shape index (κ3) is 5.16. The molecule has 0 fully saturated rings. The molecule has 0 radical (unpaired) electrons. The molecule has 0 heterocycles. The number of aryl methyl sites for hydroxylation is 2. The fourth-order valence-electron chi connectivity index (χ4n) is 3.36. The van der Waals surface area contributed by atoms with Crippen molar-refractivity contribution in [3.63, 3.8) is 0 Å². The summed E-state index contributed by atoms with van der Waals surface area (Å²) in [6, 6.07) is 17.7. The first-order chi connectivity index (χ1) is 14.3. The van der Waals surface area contributed by atoms with Gasteiger partial charge in [0.2, 0.25) is 0 Å². The Bertz CT molecular complexity index is 1070. The number of benzene rings is 3. The molecule has 0 bridgehead atoms. The van der Waals surface area contributed by atoms with Crippen molar-refractivity contribution in [1.82, 2.24) is 0 Å². The van der Waals surface area contributed by atoms with Crippen LogP contribution in [-0.4, -0.2) is 20.7 Å². The molecule has 0 aliphatic rings. The van der Waals surface area contributed by atoms with Gasteiger partial charge in [-0.25, -0.2) is 4.39 Å². The molecule has 3 rings (SSSR count). The van der Waals surface area contributed by atoms with E-state index >= 15 is 0 Å². The lowest BCUT2D eigenvalue weighted by molar-refractivity contribution is 0.342. The molecule has 0 spiro atoms. The Balaban J connectivity index is 1.89. The molecule has 156 valence electrons. The van der Waals surface area contributed by atoms with Gasteiger partial charge in [0, 0.05) is 19.8 Å². The Labute approximate surface area is 187 Å². The van der Waals surface area contributed by atoms with E-state index in [1.54, 1.807) is 6.07 Å². The summed E-state index contributed by atoms with van der Waals surface area (Å²) in [5, 5.41) is 0. The highest BCUT2D eigenvalue weighted by atomic mass is 35.5.